The highest BCUT2D eigenvalue weighted by molar-refractivity contribution is 6.14. The second-order valence-corrected chi connectivity index (χ2v) is 6.81. The lowest BCUT2D eigenvalue weighted by molar-refractivity contribution is -0.384. The number of hydrogen-bond acceptors (Lipinski definition) is 6. The molecule has 0 saturated heterocycles. The van der Waals surface area contributed by atoms with E-state index in [-0.39, 0.29) is 5.69 Å². The Kier molecular flexibility index (Phi) is 5.52. The van der Waals surface area contributed by atoms with Gasteiger partial charge in [0.15, 0.2) is 0 Å². The topological polar surface area (TPSA) is 80.9 Å². The molecular formula is C23H20N4O3. The van der Waals surface area contributed by atoms with E-state index in [1.165, 1.54) is 12.1 Å². The summed E-state index contributed by atoms with van der Waals surface area (Å²) in [5, 5.41) is 11.3. The molecule has 7 nitrogen and oxygen atoms in total. The standard InChI is InChI=1S/C23H20N4O3/c1-26-14-13-25-21(20-6-2-3-7-22(20)26)10-8-17-15-18(27(28)29)9-11-23(17)30-19-5-4-12-24-16-19/h2-12,15-16H,13-14H2,1H3/b10-8+. The molecule has 0 N–H and O–H groups in total. The molecule has 7 heteroatoms. The number of nitro groups is 1. The van der Waals surface area contributed by atoms with Gasteiger partial charge in [-0.1, -0.05) is 18.2 Å². The summed E-state index contributed by atoms with van der Waals surface area (Å²) in [5.41, 5.74) is 3.54. The number of benzene rings is 2. The van der Waals surface area contributed by atoms with E-state index in [9.17, 15) is 10.1 Å². The van der Waals surface area contributed by atoms with Crippen molar-refractivity contribution in [3.8, 4) is 11.5 Å². The maximum Gasteiger partial charge on any atom is 0.270 e. The van der Waals surface area contributed by atoms with Crippen LogP contribution in [0.25, 0.3) is 6.08 Å². The zero-order chi connectivity index (χ0) is 20.9. The maximum absolute atomic E-state index is 11.3. The Labute approximate surface area is 174 Å². The Hall–Kier alpha value is -4.00. The van der Waals surface area contributed by atoms with Crippen molar-refractivity contribution in [1.82, 2.24) is 4.98 Å². The third-order valence-electron chi connectivity index (χ3n) is 4.80. The zero-order valence-electron chi connectivity index (χ0n) is 16.4. The molecule has 30 heavy (non-hydrogen) atoms. The minimum atomic E-state index is -0.418. The molecule has 0 spiro atoms. The van der Waals surface area contributed by atoms with E-state index in [1.807, 2.05) is 31.3 Å². The van der Waals surface area contributed by atoms with Gasteiger partial charge in [-0.3, -0.25) is 20.1 Å². The Morgan fingerprint density at radius 1 is 1.13 bits per heavy atom. The van der Waals surface area contributed by atoms with Gasteiger partial charge in [0, 0.05) is 48.7 Å². The van der Waals surface area contributed by atoms with E-state index in [0.29, 0.717) is 23.6 Å². The van der Waals surface area contributed by atoms with Gasteiger partial charge in [-0.25, -0.2) is 0 Å². The molecule has 2 heterocycles. The first kappa shape index (κ1) is 19.3. The van der Waals surface area contributed by atoms with E-state index in [1.54, 1.807) is 36.7 Å². The molecule has 0 unspecified atom stereocenters. The molecule has 0 amide bonds. The number of aliphatic imine (C=N–C) groups is 1. The lowest BCUT2D eigenvalue weighted by atomic mass is 10.1. The van der Waals surface area contributed by atoms with E-state index < -0.39 is 4.92 Å². The summed E-state index contributed by atoms with van der Waals surface area (Å²) in [6.45, 7) is 1.49. The number of likely N-dealkylation sites (N-methyl/N-ethyl adjacent to an activating group) is 1. The first-order chi connectivity index (χ1) is 14.6. The number of anilines is 1. The molecular weight excluding hydrogens is 380 g/mol. The lowest BCUT2D eigenvalue weighted by Crippen LogP contribution is -2.20. The fraction of sp³-hybridized carbons (Fsp3) is 0.130. The quantitative estimate of drug-likeness (QED) is 0.457. The third kappa shape index (κ3) is 4.20. The molecule has 0 atom stereocenters. The number of para-hydroxylation sites is 1. The molecule has 0 radical (unpaired) electrons. The number of hydrogen-bond donors (Lipinski definition) is 0. The summed E-state index contributed by atoms with van der Waals surface area (Å²) >= 11 is 0. The molecule has 4 rings (SSSR count). The van der Waals surface area contributed by atoms with Crippen LogP contribution in [0.4, 0.5) is 11.4 Å². The maximum atomic E-state index is 11.3. The number of rotatable bonds is 5. The first-order valence-corrected chi connectivity index (χ1v) is 9.51. The highest BCUT2D eigenvalue weighted by atomic mass is 16.6. The summed E-state index contributed by atoms with van der Waals surface area (Å²) in [5.74, 6) is 1.06. The molecule has 0 saturated carbocycles. The number of non-ortho nitro benzene ring substituents is 1. The van der Waals surface area contributed by atoms with Crippen molar-refractivity contribution in [2.75, 3.05) is 25.0 Å². The average Bonchev–Trinajstić information content (AvgIpc) is 2.92. The monoisotopic (exact) mass is 400 g/mol. The van der Waals surface area contributed by atoms with Crippen LogP contribution in [-0.4, -0.2) is 35.8 Å². The van der Waals surface area contributed by atoms with Gasteiger partial charge in [0.05, 0.1) is 23.4 Å². The van der Waals surface area contributed by atoms with Gasteiger partial charge in [-0.15, -0.1) is 0 Å². The van der Waals surface area contributed by atoms with Crippen molar-refractivity contribution < 1.29 is 9.66 Å². The fourth-order valence-electron chi connectivity index (χ4n) is 3.27. The van der Waals surface area contributed by atoms with Crippen LogP contribution in [0.3, 0.4) is 0 Å². The normalized spacial score (nSPS) is 13.5. The summed E-state index contributed by atoms with van der Waals surface area (Å²) in [6, 6.07) is 16.1. The molecule has 3 aromatic rings. The van der Waals surface area contributed by atoms with Crippen LogP contribution >= 0.6 is 0 Å². The minimum absolute atomic E-state index is 0.00359. The van der Waals surface area contributed by atoms with Crippen molar-refractivity contribution in [1.29, 1.82) is 0 Å². The summed E-state index contributed by atoms with van der Waals surface area (Å²) in [4.78, 5) is 21.8. The number of aromatic nitrogens is 1. The molecule has 150 valence electrons. The van der Waals surface area contributed by atoms with Crippen LogP contribution in [0, 0.1) is 10.1 Å². The van der Waals surface area contributed by atoms with Crippen molar-refractivity contribution in [2.24, 2.45) is 4.99 Å². The molecule has 0 aliphatic carbocycles. The Bertz CT molecular complexity index is 1130. The highest BCUT2D eigenvalue weighted by Crippen LogP contribution is 2.30. The molecule has 2 aromatic carbocycles. The lowest BCUT2D eigenvalue weighted by Gasteiger charge is -2.18. The van der Waals surface area contributed by atoms with Crippen molar-refractivity contribution in [2.45, 2.75) is 0 Å². The number of nitro benzene ring substituents is 1. The van der Waals surface area contributed by atoms with Gasteiger partial charge < -0.3 is 9.64 Å². The largest absolute Gasteiger partial charge is 0.455 e. The minimum Gasteiger partial charge on any atom is -0.455 e. The molecule has 1 aliphatic rings. The van der Waals surface area contributed by atoms with Crippen LogP contribution in [0.5, 0.6) is 11.5 Å². The van der Waals surface area contributed by atoms with Crippen molar-refractivity contribution >= 4 is 23.2 Å². The Morgan fingerprint density at radius 2 is 2.00 bits per heavy atom. The SMILES string of the molecule is CN1CCN=C(/C=C/c2cc([N+](=O)[O-])ccc2Oc2cccnc2)c2ccccc21. The van der Waals surface area contributed by atoms with Crippen LogP contribution in [0.1, 0.15) is 11.1 Å². The van der Waals surface area contributed by atoms with Gasteiger partial charge in [0.2, 0.25) is 0 Å². The van der Waals surface area contributed by atoms with E-state index >= 15 is 0 Å². The van der Waals surface area contributed by atoms with Crippen LogP contribution in [-0.2, 0) is 0 Å². The number of ether oxygens (including phenoxy) is 1. The van der Waals surface area contributed by atoms with Crippen molar-refractivity contribution in [3.63, 3.8) is 0 Å². The Morgan fingerprint density at radius 3 is 2.80 bits per heavy atom. The third-order valence-corrected chi connectivity index (χ3v) is 4.80. The Balaban J connectivity index is 1.71. The van der Waals surface area contributed by atoms with Crippen molar-refractivity contribution in [3.05, 3.63) is 94.3 Å². The molecule has 0 bridgehead atoms. The number of nitrogens with zero attached hydrogens (tertiary/aromatic N) is 4. The van der Waals surface area contributed by atoms with E-state index in [2.05, 4.69) is 16.0 Å². The van der Waals surface area contributed by atoms with Gasteiger partial charge in [0.1, 0.15) is 11.5 Å². The van der Waals surface area contributed by atoms with Gasteiger partial charge in [-0.2, -0.15) is 0 Å². The summed E-state index contributed by atoms with van der Waals surface area (Å²) < 4.78 is 5.91. The highest BCUT2D eigenvalue weighted by Gasteiger charge is 2.15. The number of allylic oxidation sites excluding steroid dienone is 1. The zero-order valence-corrected chi connectivity index (χ0v) is 16.4. The number of benzodiazepines with no additional fused rings is 1. The molecule has 1 aliphatic heterocycles. The first-order valence-electron chi connectivity index (χ1n) is 9.51. The van der Waals surface area contributed by atoms with Crippen LogP contribution in [0.2, 0.25) is 0 Å². The van der Waals surface area contributed by atoms with Crippen LogP contribution < -0.4 is 9.64 Å². The number of fused-ring (bicyclic) bond motifs is 1. The fourth-order valence-corrected chi connectivity index (χ4v) is 3.27. The summed E-state index contributed by atoms with van der Waals surface area (Å²) in [7, 11) is 2.04. The smallest absolute Gasteiger partial charge is 0.270 e. The van der Waals surface area contributed by atoms with Gasteiger partial charge >= 0.3 is 0 Å². The number of pyridine rings is 1. The summed E-state index contributed by atoms with van der Waals surface area (Å²) in [6.07, 6.45) is 6.94. The predicted molar refractivity (Wildman–Crippen MR) is 118 cm³/mol. The average molecular weight is 400 g/mol. The molecule has 0 fully saturated rings. The second kappa shape index (κ2) is 8.57. The van der Waals surface area contributed by atoms with Gasteiger partial charge in [0.25, 0.3) is 5.69 Å². The van der Waals surface area contributed by atoms with E-state index in [0.717, 1.165) is 23.5 Å². The van der Waals surface area contributed by atoms with E-state index in [4.69, 9.17) is 9.73 Å². The van der Waals surface area contributed by atoms with Gasteiger partial charge in [-0.05, 0) is 36.4 Å². The second-order valence-electron chi connectivity index (χ2n) is 6.81. The molecule has 1 aromatic heterocycles. The predicted octanol–water partition coefficient (Wildman–Crippen LogP) is 4.73. The van der Waals surface area contributed by atoms with Crippen LogP contribution in [0.15, 0.2) is 78.1 Å².